The number of carbonyl (C=O) groups is 2. The van der Waals surface area contributed by atoms with Gasteiger partial charge in [-0.2, -0.15) is 0 Å². The van der Waals surface area contributed by atoms with E-state index in [1.165, 1.54) is 212 Å². The molecule has 0 spiro atoms. The van der Waals surface area contributed by atoms with E-state index in [0.29, 0.717) is 25.9 Å². The van der Waals surface area contributed by atoms with Crippen LogP contribution in [0, 0.1) is 0 Å². The zero-order valence-corrected chi connectivity index (χ0v) is 38.6. The van der Waals surface area contributed by atoms with Crippen LogP contribution in [0.4, 0.5) is 0 Å². The number of unbranched alkanes of at least 4 members (excludes halogenated alkanes) is 37. The lowest BCUT2D eigenvalue weighted by Gasteiger charge is -2.22. The summed E-state index contributed by atoms with van der Waals surface area (Å²) in [4.78, 5) is 24.4. The van der Waals surface area contributed by atoms with Crippen molar-refractivity contribution in [3.05, 3.63) is 0 Å². The summed E-state index contributed by atoms with van der Waals surface area (Å²) < 4.78 is 5.47. The molecule has 0 aliphatic carbocycles. The second-order valence-corrected chi connectivity index (χ2v) is 17.9. The molecule has 2 unspecified atom stereocenters. The first-order valence-electron chi connectivity index (χ1n) is 25.8. The smallest absolute Gasteiger partial charge is 0.305 e. The van der Waals surface area contributed by atoms with E-state index in [1.54, 1.807) is 0 Å². The predicted molar refractivity (Wildman–Crippen MR) is 246 cm³/mol. The third-order valence-electron chi connectivity index (χ3n) is 12.2. The van der Waals surface area contributed by atoms with Crippen LogP contribution in [0.1, 0.15) is 290 Å². The van der Waals surface area contributed by atoms with Gasteiger partial charge in [-0.25, -0.2) is 0 Å². The van der Waals surface area contributed by atoms with E-state index in [0.717, 1.165) is 44.9 Å². The molecule has 0 saturated carbocycles. The van der Waals surface area contributed by atoms with Gasteiger partial charge in [-0.3, -0.25) is 9.59 Å². The van der Waals surface area contributed by atoms with E-state index in [1.807, 2.05) is 0 Å². The number of ether oxygens (including phenoxy) is 1. The number of hydrogen-bond acceptors (Lipinski definition) is 5. The molecule has 0 aromatic carbocycles. The molecule has 0 fully saturated rings. The Labute approximate surface area is 356 Å². The average molecular weight is 808 g/mol. The molecule has 3 N–H and O–H groups in total. The molecule has 0 rings (SSSR count). The fourth-order valence-electron chi connectivity index (χ4n) is 8.17. The Balaban J connectivity index is 3.37. The topological polar surface area (TPSA) is 95.9 Å². The molecule has 0 saturated heterocycles. The molecule has 6 heteroatoms. The number of rotatable bonds is 48. The van der Waals surface area contributed by atoms with Gasteiger partial charge in [0, 0.05) is 12.8 Å². The van der Waals surface area contributed by atoms with Crippen LogP contribution in [-0.2, 0) is 14.3 Å². The highest BCUT2D eigenvalue weighted by molar-refractivity contribution is 5.76. The minimum absolute atomic E-state index is 0.00427. The van der Waals surface area contributed by atoms with Crippen LogP contribution in [0.25, 0.3) is 0 Å². The van der Waals surface area contributed by atoms with Crippen molar-refractivity contribution in [1.82, 2.24) is 5.32 Å². The molecule has 0 heterocycles. The summed E-state index contributed by atoms with van der Waals surface area (Å²) in [5, 5.41) is 23.1. The van der Waals surface area contributed by atoms with Crippen LogP contribution in [-0.4, -0.2) is 47.4 Å². The normalized spacial score (nSPS) is 12.6. The summed E-state index contributed by atoms with van der Waals surface area (Å²) >= 11 is 0. The van der Waals surface area contributed by atoms with Gasteiger partial charge in [0.25, 0.3) is 0 Å². The number of nitrogens with one attached hydrogen (secondary N) is 1. The SMILES string of the molecule is CCCCCCCCCCCCCCCCCCC(=O)OCCCCCCCCCCCCCCCCCC(=O)NC(CO)C(O)CCCCCCCCCCC. The van der Waals surface area contributed by atoms with Gasteiger partial charge in [0.15, 0.2) is 0 Å². The molecule has 6 nitrogen and oxygen atoms in total. The Morgan fingerprint density at radius 2 is 0.719 bits per heavy atom. The molecular formula is C51H101NO5. The molecule has 0 aliphatic heterocycles. The largest absolute Gasteiger partial charge is 0.466 e. The number of esters is 1. The monoisotopic (exact) mass is 808 g/mol. The summed E-state index contributed by atoms with van der Waals surface area (Å²) in [6, 6.07) is -0.544. The van der Waals surface area contributed by atoms with Crippen LogP contribution in [0.15, 0.2) is 0 Å². The molecule has 0 bridgehead atoms. The maximum absolute atomic E-state index is 12.4. The van der Waals surface area contributed by atoms with Crippen molar-refractivity contribution in [2.45, 2.75) is 302 Å². The van der Waals surface area contributed by atoms with Crippen molar-refractivity contribution in [2.75, 3.05) is 13.2 Å². The third kappa shape index (κ3) is 44.2. The van der Waals surface area contributed by atoms with Crippen molar-refractivity contribution in [3.8, 4) is 0 Å². The van der Waals surface area contributed by atoms with Crippen LogP contribution < -0.4 is 5.32 Å². The highest BCUT2D eigenvalue weighted by Gasteiger charge is 2.20. The Morgan fingerprint density at radius 3 is 1.07 bits per heavy atom. The zero-order valence-electron chi connectivity index (χ0n) is 38.6. The van der Waals surface area contributed by atoms with Crippen LogP contribution >= 0.6 is 0 Å². The van der Waals surface area contributed by atoms with Gasteiger partial charge in [-0.05, 0) is 25.7 Å². The van der Waals surface area contributed by atoms with E-state index >= 15 is 0 Å². The molecular weight excluding hydrogens is 707 g/mol. The maximum atomic E-state index is 12.4. The van der Waals surface area contributed by atoms with Crippen molar-refractivity contribution >= 4 is 11.9 Å². The molecule has 57 heavy (non-hydrogen) atoms. The Kier molecular flexibility index (Phi) is 46.6. The number of aliphatic hydroxyl groups is 2. The van der Waals surface area contributed by atoms with E-state index in [-0.39, 0.29) is 18.5 Å². The quantitative estimate of drug-likeness (QED) is 0.0420. The summed E-state index contributed by atoms with van der Waals surface area (Å²) in [5.74, 6) is -0.0404. The van der Waals surface area contributed by atoms with Crippen molar-refractivity contribution in [3.63, 3.8) is 0 Å². The second kappa shape index (κ2) is 47.5. The lowest BCUT2D eigenvalue weighted by Crippen LogP contribution is -2.45. The van der Waals surface area contributed by atoms with E-state index in [2.05, 4.69) is 19.2 Å². The highest BCUT2D eigenvalue weighted by atomic mass is 16.5. The second-order valence-electron chi connectivity index (χ2n) is 17.9. The van der Waals surface area contributed by atoms with Crippen LogP contribution in [0.5, 0.6) is 0 Å². The summed E-state index contributed by atoms with van der Waals surface area (Å²) in [5.41, 5.74) is 0. The van der Waals surface area contributed by atoms with Gasteiger partial charge < -0.3 is 20.3 Å². The van der Waals surface area contributed by atoms with Gasteiger partial charge in [0.1, 0.15) is 0 Å². The third-order valence-corrected chi connectivity index (χ3v) is 12.2. The Bertz CT molecular complexity index is 806. The number of carbonyl (C=O) groups excluding carboxylic acids is 2. The first-order valence-corrected chi connectivity index (χ1v) is 25.8. The number of hydrogen-bond donors (Lipinski definition) is 3. The van der Waals surface area contributed by atoms with Gasteiger partial charge in [0.05, 0.1) is 25.4 Å². The number of aliphatic hydroxyl groups excluding tert-OH is 2. The van der Waals surface area contributed by atoms with Gasteiger partial charge >= 0.3 is 5.97 Å². The zero-order chi connectivity index (χ0) is 41.5. The average Bonchev–Trinajstić information content (AvgIpc) is 3.21. The molecule has 0 aliphatic rings. The first-order chi connectivity index (χ1) is 28.0. The summed E-state index contributed by atoms with van der Waals surface area (Å²) in [6.45, 7) is 4.93. The maximum Gasteiger partial charge on any atom is 0.305 e. The summed E-state index contributed by atoms with van der Waals surface area (Å²) in [6.07, 6.45) is 52.2. The molecule has 0 aromatic rings. The molecule has 1 amide bonds. The Morgan fingerprint density at radius 1 is 0.421 bits per heavy atom. The van der Waals surface area contributed by atoms with Crippen molar-refractivity contribution in [2.24, 2.45) is 0 Å². The van der Waals surface area contributed by atoms with Gasteiger partial charge in [-0.15, -0.1) is 0 Å². The van der Waals surface area contributed by atoms with Gasteiger partial charge in [0.2, 0.25) is 5.91 Å². The Hall–Kier alpha value is -1.14. The molecule has 340 valence electrons. The fourth-order valence-corrected chi connectivity index (χ4v) is 8.17. The molecule has 0 aromatic heterocycles. The minimum atomic E-state index is -0.666. The van der Waals surface area contributed by atoms with Gasteiger partial charge in [-0.1, -0.05) is 251 Å². The summed E-state index contributed by atoms with van der Waals surface area (Å²) in [7, 11) is 0. The predicted octanol–water partition coefficient (Wildman–Crippen LogP) is 15.2. The lowest BCUT2D eigenvalue weighted by atomic mass is 10.0. The van der Waals surface area contributed by atoms with Crippen molar-refractivity contribution < 1.29 is 24.5 Å². The minimum Gasteiger partial charge on any atom is -0.466 e. The number of amides is 1. The fraction of sp³-hybridized carbons (Fsp3) is 0.961. The molecule has 2 atom stereocenters. The van der Waals surface area contributed by atoms with Crippen LogP contribution in [0.2, 0.25) is 0 Å². The lowest BCUT2D eigenvalue weighted by molar-refractivity contribution is -0.143. The van der Waals surface area contributed by atoms with E-state index < -0.39 is 12.1 Å². The standard InChI is InChI=1S/C51H101NO5/c1-3-5-7-9-11-13-14-15-16-19-22-25-29-33-37-41-45-51(56)57-46-42-38-34-30-26-23-20-17-18-21-24-28-32-36-40-44-50(55)52-48(47-53)49(54)43-39-35-31-27-12-10-8-6-4-2/h48-49,53-54H,3-47H2,1-2H3,(H,52,55). The molecule has 0 radical (unpaired) electrons. The van der Waals surface area contributed by atoms with E-state index in [9.17, 15) is 19.8 Å². The highest BCUT2D eigenvalue weighted by Crippen LogP contribution is 2.17. The van der Waals surface area contributed by atoms with E-state index in [4.69, 9.17) is 4.74 Å². The first kappa shape index (κ1) is 55.9. The van der Waals surface area contributed by atoms with Crippen LogP contribution in [0.3, 0.4) is 0 Å². The van der Waals surface area contributed by atoms with Crippen molar-refractivity contribution in [1.29, 1.82) is 0 Å².